The number of aromatic nitrogens is 1. The molecule has 0 spiro atoms. The Kier molecular flexibility index (Phi) is 4.04. The van der Waals surface area contributed by atoms with Crippen LogP contribution in [0.2, 0.25) is 17.3 Å². The van der Waals surface area contributed by atoms with Crippen molar-refractivity contribution in [3.8, 4) is 11.3 Å². The summed E-state index contributed by atoms with van der Waals surface area (Å²) in [4.78, 5) is 4.56. The van der Waals surface area contributed by atoms with E-state index in [1.54, 1.807) is 12.1 Å². The van der Waals surface area contributed by atoms with Crippen LogP contribution in [0.15, 0.2) is 36.5 Å². The van der Waals surface area contributed by atoms with E-state index < -0.39 is 25.1 Å². The van der Waals surface area contributed by atoms with Crippen LogP contribution in [0.4, 0.5) is 4.39 Å². The normalized spacial score (nSPS) is 14.5. The Balaban J connectivity index is 2.69. The molecule has 2 rings (SSSR count). The van der Waals surface area contributed by atoms with Crippen molar-refractivity contribution in [3.63, 3.8) is 0 Å². The summed E-state index contributed by atoms with van der Waals surface area (Å²) in [6, 6.07) is 8.05. The van der Waals surface area contributed by atoms with Gasteiger partial charge in [-0.25, -0.2) is 0 Å². The Bertz CT molecular complexity index is 729. The molecule has 1 heterocycles. The standard InChI is InChI=1S/C19H26FGeN/c1-19(2,3)12-15-11-18(14-7-9-16(20)10-8-14)22-13-17(15)21(4,5)6/h7-11,13H,12H2,1-6H3/i12D2. The number of nitrogens with zero attached hydrogens (tertiary/aromatic N) is 1. The minimum atomic E-state index is -2.30. The molecule has 1 aromatic heterocycles. The molecule has 0 amide bonds. The number of halogens is 1. The summed E-state index contributed by atoms with van der Waals surface area (Å²) in [5, 5.41) is 0. The molecule has 118 valence electrons. The number of rotatable bonds is 3. The molecule has 0 saturated heterocycles. The predicted molar refractivity (Wildman–Crippen MR) is 95.8 cm³/mol. The van der Waals surface area contributed by atoms with E-state index in [1.165, 1.54) is 12.1 Å². The van der Waals surface area contributed by atoms with Gasteiger partial charge >= 0.3 is 139 Å². The van der Waals surface area contributed by atoms with Crippen LogP contribution in [0.3, 0.4) is 0 Å². The van der Waals surface area contributed by atoms with Gasteiger partial charge in [0, 0.05) is 0 Å². The van der Waals surface area contributed by atoms with E-state index in [-0.39, 0.29) is 5.82 Å². The molecule has 1 nitrogen and oxygen atoms in total. The molecule has 22 heavy (non-hydrogen) atoms. The Hall–Kier alpha value is -1.16. The monoisotopic (exact) mass is 363 g/mol. The van der Waals surface area contributed by atoms with Gasteiger partial charge in [0.25, 0.3) is 0 Å². The predicted octanol–water partition coefficient (Wildman–Crippen LogP) is 5.02. The van der Waals surface area contributed by atoms with Crippen molar-refractivity contribution in [2.24, 2.45) is 5.41 Å². The van der Waals surface area contributed by atoms with Gasteiger partial charge in [-0.1, -0.05) is 0 Å². The number of hydrogen-bond donors (Lipinski definition) is 0. The summed E-state index contributed by atoms with van der Waals surface area (Å²) in [5.41, 5.74) is 1.69. The molecule has 0 aliphatic heterocycles. The zero-order valence-corrected chi connectivity index (χ0v) is 16.4. The fraction of sp³-hybridized carbons (Fsp3) is 0.421. The van der Waals surface area contributed by atoms with Crippen molar-refractivity contribution < 1.29 is 7.13 Å². The summed E-state index contributed by atoms with van der Waals surface area (Å²) in [6.07, 6.45) is 0.371. The summed E-state index contributed by atoms with van der Waals surface area (Å²) < 4.78 is 31.7. The van der Waals surface area contributed by atoms with E-state index in [4.69, 9.17) is 2.74 Å². The third kappa shape index (κ3) is 4.42. The molecule has 0 aliphatic carbocycles. The quantitative estimate of drug-likeness (QED) is 0.699. The Morgan fingerprint density at radius 2 is 1.73 bits per heavy atom. The van der Waals surface area contributed by atoms with Crippen molar-refractivity contribution in [3.05, 3.63) is 47.9 Å². The Morgan fingerprint density at radius 3 is 2.23 bits per heavy atom. The van der Waals surface area contributed by atoms with E-state index in [0.717, 1.165) is 15.5 Å². The van der Waals surface area contributed by atoms with Crippen molar-refractivity contribution in [2.75, 3.05) is 0 Å². The number of pyridine rings is 1. The average molecular weight is 362 g/mol. The second-order valence-electron chi connectivity index (χ2n) is 7.75. The van der Waals surface area contributed by atoms with Gasteiger partial charge in [-0.3, -0.25) is 0 Å². The van der Waals surface area contributed by atoms with E-state index in [9.17, 15) is 4.39 Å². The van der Waals surface area contributed by atoms with Gasteiger partial charge in [-0.05, 0) is 0 Å². The zero-order valence-electron chi connectivity index (χ0n) is 16.3. The SMILES string of the molecule is [2H]C([2H])(c1cc(-c2ccc(F)cc2)nc[c]1[Ge]([CH3])([CH3])[CH3])C(C)(C)C. The molecule has 3 heteroatoms. The Labute approximate surface area is 139 Å². The fourth-order valence-corrected chi connectivity index (χ4v) is 5.26. The van der Waals surface area contributed by atoms with E-state index in [0.29, 0.717) is 5.69 Å². The molecule has 0 radical (unpaired) electrons. The molecule has 2 aromatic rings. The van der Waals surface area contributed by atoms with Crippen LogP contribution in [-0.2, 0) is 6.37 Å². The molecule has 0 atom stereocenters. The maximum atomic E-state index is 13.2. The third-order valence-corrected chi connectivity index (χ3v) is 7.59. The molecule has 0 unspecified atom stereocenters. The molecular weight excluding hydrogens is 334 g/mol. The minimum absolute atomic E-state index is 0.287. The first-order chi connectivity index (χ1) is 10.8. The van der Waals surface area contributed by atoms with Crippen molar-refractivity contribution in [1.82, 2.24) is 4.98 Å². The number of hydrogen-bond acceptors (Lipinski definition) is 1. The second kappa shape index (κ2) is 6.15. The van der Waals surface area contributed by atoms with Crippen LogP contribution in [0.25, 0.3) is 11.3 Å². The van der Waals surface area contributed by atoms with Gasteiger partial charge in [-0.15, -0.1) is 0 Å². The van der Waals surface area contributed by atoms with Crippen LogP contribution in [-0.4, -0.2) is 18.3 Å². The second-order valence-corrected chi connectivity index (χ2v) is 18.3. The molecular formula is C19H26FGeN. The molecule has 0 bridgehead atoms. The van der Waals surface area contributed by atoms with Crippen LogP contribution in [0.1, 0.15) is 29.1 Å². The maximum absolute atomic E-state index is 13.2. The van der Waals surface area contributed by atoms with Gasteiger partial charge < -0.3 is 0 Å². The van der Waals surface area contributed by atoms with Gasteiger partial charge in [0.05, 0.1) is 0 Å². The Morgan fingerprint density at radius 1 is 1.14 bits per heavy atom. The van der Waals surface area contributed by atoms with Crippen LogP contribution in [0.5, 0.6) is 0 Å². The third-order valence-electron chi connectivity index (χ3n) is 3.36. The zero-order chi connectivity index (χ0) is 18.3. The first-order valence-corrected chi connectivity index (χ1v) is 15.0. The van der Waals surface area contributed by atoms with Crippen molar-refractivity contribution in [2.45, 2.75) is 44.4 Å². The molecule has 0 aliphatic rings. The van der Waals surface area contributed by atoms with E-state index in [2.05, 4.69) is 22.3 Å². The van der Waals surface area contributed by atoms with Crippen molar-refractivity contribution >= 4 is 17.7 Å². The van der Waals surface area contributed by atoms with E-state index >= 15 is 0 Å². The first-order valence-electron chi connectivity index (χ1n) is 8.61. The van der Waals surface area contributed by atoms with Gasteiger partial charge in [0.1, 0.15) is 0 Å². The number of benzene rings is 1. The molecule has 0 saturated carbocycles. The first kappa shape index (κ1) is 14.4. The summed E-state index contributed by atoms with van der Waals surface area (Å²) in [7, 11) is 0. The van der Waals surface area contributed by atoms with Crippen LogP contribution in [0, 0.1) is 11.2 Å². The topological polar surface area (TPSA) is 12.9 Å². The average Bonchev–Trinajstić information content (AvgIpc) is 2.45. The van der Waals surface area contributed by atoms with Gasteiger partial charge in [-0.2, -0.15) is 0 Å². The van der Waals surface area contributed by atoms with Gasteiger partial charge in [0.2, 0.25) is 0 Å². The fourth-order valence-electron chi connectivity index (χ4n) is 2.34. The van der Waals surface area contributed by atoms with Crippen molar-refractivity contribution in [1.29, 1.82) is 0 Å². The molecule has 1 aromatic carbocycles. The summed E-state index contributed by atoms with van der Waals surface area (Å²) >= 11 is -2.30. The molecule has 0 fully saturated rings. The summed E-state index contributed by atoms with van der Waals surface area (Å²) in [5.74, 6) is 6.45. The van der Waals surface area contributed by atoms with E-state index in [1.807, 2.05) is 33.0 Å². The summed E-state index contributed by atoms with van der Waals surface area (Å²) in [6.45, 7) is 5.76. The van der Waals surface area contributed by atoms with Gasteiger partial charge in [0.15, 0.2) is 0 Å². The van der Waals surface area contributed by atoms with Crippen LogP contribution >= 0.6 is 0 Å². The molecule has 0 N–H and O–H groups in total. The van der Waals surface area contributed by atoms with Crippen LogP contribution < -0.4 is 4.40 Å².